The van der Waals surface area contributed by atoms with E-state index in [-0.39, 0.29) is 18.7 Å². The number of hydrogen-bond acceptors (Lipinski definition) is 3. The Kier molecular flexibility index (Phi) is 13.3. The lowest BCUT2D eigenvalue weighted by molar-refractivity contribution is 0.0506. The van der Waals surface area contributed by atoms with Gasteiger partial charge in [0.15, 0.2) is 0 Å². The third-order valence-corrected chi connectivity index (χ3v) is 5.02. The van der Waals surface area contributed by atoms with Gasteiger partial charge in [-0.1, -0.05) is 77.6 Å². The fourth-order valence-electron chi connectivity index (χ4n) is 3.39. The molecule has 0 aliphatic rings. The lowest BCUT2D eigenvalue weighted by atomic mass is 10.0. The first-order valence-corrected chi connectivity index (χ1v) is 11.1. The second-order valence-electron chi connectivity index (χ2n) is 7.50. The van der Waals surface area contributed by atoms with Gasteiger partial charge in [-0.05, 0) is 25.5 Å². The van der Waals surface area contributed by atoms with Crippen molar-refractivity contribution in [1.82, 2.24) is 4.57 Å². The van der Waals surface area contributed by atoms with Crippen molar-refractivity contribution in [2.45, 2.75) is 103 Å². The Hall–Kier alpha value is -1.65. The van der Waals surface area contributed by atoms with Gasteiger partial charge in [0.25, 0.3) is 0 Å². The molecule has 0 fully saturated rings. The van der Waals surface area contributed by atoms with E-state index in [0.717, 1.165) is 19.3 Å². The van der Waals surface area contributed by atoms with Crippen LogP contribution in [0.2, 0.25) is 0 Å². The van der Waals surface area contributed by atoms with Crippen molar-refractivity contribution in [3.05, 3.63) is 24.0 Å². The van der Waals surface area contributed by atoms with Gasteiger partial charge < -0.3 is 4.74 Å². The highest BCUT2D eigenvalue weighted by Gasteiger charge is 2.19. The molecule has 1 heterocycles. The molecule has 1 aromatic rings. The number of halogens is 1. The standard InChI is InChI=1S/C23H38FNO3/c1-3-5-6-7-8-9-10-11-12-13-14-16-20(24)19-22(26)25-18-15-17-21(25)23(27)28-4-2/h15,17-18,20H,3-14,16,19H2,1-2H3. The van der Waals surface area contributed by atoms with Gasteiger partial charge in [0.2, 0.25) is 5.91 Å². The largest absolute Gasteiger partial charge is 0.461 e. The lowest BCUT2D eigenvalue weighted by Gasteiger charge is -2.10. The van der Waals surface area contributed by atoms with Crippen LogP contribution in [0.25, 0.3) is 0 Å². The number of esters is 1. The highest BCUT2D eigenvalue weighted by Crippen LogP contribution is 2.16. The Labute approximate surface area is 169 Å². The molecule has 4 nitrogen and oxygen atoms in total. The van der Waals surface area contributed by atoms with Crippen LogP contribution >= 0.6 is 0 Å². The van der Waals surface area contributed by atoms with E-state index in [9.17, 15) is 14.0 Å². The normalized spacial score (nSPS) is 12.1. The number of rotatable bonds is 16. The minimum absolute atomic E-state index is 0.161. The zero-order chi connectivity index (χ0) is 20.6. The molecule has 0 spiro atoms. The summed E-state index contributed by atoms with van der Waals surface area (Å²) in [6.07, 6.45) is 14.0. The summed E-state index contributed by atoms with van der Waals surface area (Å²) in [5.41, 5.74) is 0.161. The second-order valence-corrected chi connectivity index (χ2v) is 7.50. The van der Waals surface area contributed by atoms with Crippen LogP contribution in [0.3, 0.4) is 0 Å². The summed E-state index contributed by atoms with van der Waals surface area (Å²) in [5.74, 6) is -0.953. The van der Waals surface area contributed by atoms with Crippen molar-refractivity contribution in [1.29, 1.82) is 0 Å². The van der Waals surface area contributed by atoms with E-state index >= 15 is 0 Å². The molecule has 5 heteroatoms. The van der Waals surface area contributed by atoms with Crippen molar-refractivity contribution in [2.24, 2.45) is 0 Å². The van der Waals surface area contributed by atoms with E-state index in [1.807, 2.05) is 0 Å². The van der Waals surface area contributed by atoms with Crippen LogP contribution in [0.1, 0.15) is 113 Å². The highest BCUT2D eigenvalue weighted by molar-refractivity contribution is 5.93. The smallest absolute Gasteiger partial charge is 0.355 e. The molecular formula is C23H38FNO3. The van der Waals surface area contributed by atoms with Crippen molar-refractivity contribution in [3.63, 3.8) is 0 Å². The van der Waals surface area contributed by atoms with E-state index in [4.69, 9.17) is 4.74 Å². The molecule has 1 rings (SSSR count). The number of unbranched alkanes of at least 4 members (excludes halogenated alkanes) is 10. The SMILES string of the molecule is CCCCCCCCCCCCCC(F)CC(=O)n1cccc1C(=O)OCC. The van der Waals surface area contributed by atoms with Crippen LogP contribution in [0.15, 0.2) is 18.3 Å². The molecule has 1 unspecified atom stereocenters. The van der Waals surface area contributed by atoms with E-state index in [1.165, 1.54) is 68.2 Å². The molecule has 1 aromatic heterocycles. The Morgan fingerprint density at radius 1 is 0.964 bits per heavy atom. The molecule has 28 heavy (non-hydrogen) atoms. The van der Waals surface area contributed by atoms with Crippen LogP contribution in [0.4, 0.5) is 4.39 Å². The molecule has 0 aliphatic heterocycles. The van der Waals surface area contributed by atoms with Crippen LogP contribution in [0, 0.1) is 0 Å². The predicted molar refractivity (Wildman–Crippen MR) is 112 cm³/mol. The third-order valence-electron chi connectivity index (χ3n) is 5.02. The Balaban J connectivity index is 2.12. The third kappa shape index (κ3) is 10.0. The maximum atomic E-state index is 14.2. The minimum Gasteiger partial charge on any atom is -0.461 e. The molecule has 0 bridgehead atoms. The van der Waals surface area contributed by atoms with Crippen molar-refractivity contribution < 1.29 is 18.7 Å². The topological polar surface area (TPSA) is 48.3 Å². The minimum atomic E-state index is -1.16. The number of aromatic nitrogens is 1. The number of carbonyl (C=O) groups is 2. The monoisotopic (exact) mass is 395 g/mol. The summed E-state index contributed by atoms with van der Waals surface area (Å²) >= 11 is 0. The van der Waals surface area contributed by atoms with Crippen LogP contribution in [0.5, 0.6) is 0 Å². The maximum Gasteiger partial charge on any atom is 0.355 e. The molecule has 0 radical (unpaired) electrons. The number of alkyl halides is 1. The molecule has 0 aromatic carbocycles. The van der Waals surface area contributed by atoms with E-state index in [2.05, 4.69) is 6.92 Å². The number of carbonyl (C=O) groups excluding carboxylic acids is 2. The Morgan fingerprint density at radius 3 is 2.11 bits per heavy atom. The number of hydrogen-bond donors (Lipinski definition) is 0. The van der Waals surface area contributed by atoms with Crippen molar-refractivity contribution in [3.8, 4) is 0 Å². The fraction of sp³-hybridized carbons (Fsp3) is 0.739. The summed E-state index contributed by atoms with van der Waals surface area (Å²) in [5, 5.41) is 0. The molecule has 0 amide bonds. The zero-order valence-corrected chi connectivity index (χ0v) is 17.8. The quantitative estimate of drug-likeness (QED) is 0.230. The number of ether oxygens (including phenoxy) is 1. The first-order valence-electron chi connectivity index (χ1n) is 11.1. The Bertz CT molecular complexity index is 556. The van der Waals surface area contributed by atoms with Crippen LogP contribution in [-0.4, -0.2) is 29.2 Å². The first kappa shape index (κ1) is 24.4. The molecule has 160 valence electrons. The van der Waals surface area contributed by atoms with E-state index < -0.39 is 18.0 Å². The van der Waals surface area contributed by atoms with Gasteiger partial charge in [0, 0.05) is 6.20 Å². The Morgan fingerprint density at radius 2 is 1.54 bits per heavy atom. The van der Waals surface area contributed by atoms with Crippen LogP contribution in [-0.2, 0) is 4.74 Å². The van der Waals surface area contributed by atoms with Gasteiger partial charge in [0.1, 0.15) is 11.9 Å². The van der Waals surface area contributed by atoms with E-state index in [1.54, 1.807) is 13.0 Å². The number of nitrogens with zero attached hydrogens (tertiary/aromatic N) is 1. The molecule has 0 N–H and O–H groups in total. The summed E-state index contributed by atoms with van der Waals surface area (Å²) in [6, 6.07) is 3.12. The van der Waals surface area contributed by atoms with Crippen molar-refractivity contribution >= 4 is 11.9 Å². The first-order chi connectivity index (χ1) is 13.6. The molecule has 0 aliphatic carbocycles. The zero-order valence-electron chi connectivity index (χ0n) is 17.8. The lowest BCUT2D eigenvalue weighted by Crippen LogP contribution is -2.21. The summed E-state index contributed by atoms with van der Waals surface area (Å²) in [4.78, 5) is 24.1. The van der Waals surface area contributed by atoms with Gasteiger partial charge >= 0.3 is 5.97 Å². The molecule has 0 saturated heterocycles. The van der Waals surface area contributed by atoms with Crippen molar-refractivity contribution in [2.75, 3.05) is 6.61 Å². The maximum absolute atomic E-state index is 14.2. The van der Waals surface area contributed by atoms with Gasteiger partial charge in [-0.25, -0.2) is 9.18 Å². The van der Waals surface area contributed by atoms with Gasteiger partial charge in [-0.3, -0.25) is 9.36 Å². The van der Waals surface area contributed by atoms with Crippen LogP contribution < -0.4 is 0 Å². The highest BCUT2D eigenvalue weighted by atomic mass is 19.1. The fourth-order valence-corrected chi connectivity index (χ4v) is 3.39. The summed E-state index contributed by atoms with van der Waals surface area (Å²) in [6.45, 7) is 4.18. The molecule has 0 saturated carbocycles. The average Bonchev–Trinajstić information content (AvgIpc) is 3.16. The summed E-state index contributed by atoms with van der Waals surface area (Å²) < 4.78 is 20.3. The molecular weight excluding hydrogens is 357 g/mol. The summed E-state index contributed by atoms with van der Waals surface area (Å²) in [7, 11) is 0. The van der Waals surface area contributed by atoms with Gasteiger partial charge in [-0.2, -0.15) is 0 Å². The second kappa shape index (κ2) is 15.3. The predicted octanol–water partition coefficient (Wildman–Crippen LogP) is 6.73. The molecule has 1 atom stereocenters. The average molecular weight is 396 g/mol. The van der Waals surface area contributed by atoms with E-state index in [0.29, 0.717) is 6.42 Å². The van der Waals surface area contributed by atoms with Gasteiger partial charge in [-0.15, -0.1) is 0 Å². The van der Waals surface area contributed by atoms with Gasteiger partial charge in [0.05, 0.1) is 13.0 Å².